The Labute approximate surface area is 190 Å². The third-order valence-corrected chi connectivity index (χ3v) is 5.56. The lowest BCUT2D eigenvalue weighted by molar-refractivity contribution is -0.137. The molecule has 5 heteroatoms. The molecule has 160 valence electrons. The molecular formula is C28H18O5. The van der Waals surface area contributed by atoms with E-state index in [1.165, 1.54) is 6.07 Å². The van der Waals surface area contributed by atoms with E-state index in [2.05, 4.69) is 0 Å². The maximum absolute atomic E-state index is 13.5. The summed E-state index contributed by atoms with van der Waals surface area (Å²) in [5.41, 5.74) is 1.98. The largest absolute Gasteiger partial charge is 0.410 e. The van der Waals surface area contributed by atoms with Gasteiger partial charge in [-0.3, -0.25) is 4.79 Å². The number of rotatable bonds is 5. The lowest BCUT2D eigenvalue weighted by atomic mass is 9.95. The van der Waals surface area contributed by atoms with Gasteiger partial charge in [0.2, 0.25) is 0 Å². The number of cyclic esters (lactones) is 1. The van der Waals surface area contributed by atoms with E-state index in [-0.39, 0.29) is 16.9 Å². The molecule has 0 saturated carbocycles. The minimum Gasteiger partial charge on any atom is -0.410 e. The number of carbonyl (C=O) groups excluding carboxylic acids is 3. The van der Waals surface area contributed by atoms with Crippen molar-refractivity contribution in [2.75, 3.05) is 0 Å². The first-order valence-electron chi connectivity index (χ1n) is 10.4. The Morgan fingerprint density at radius 1 is 0.667 bits per heavy atom. The number of fused-ring (bicyclic) bond motifs is 1. The highest BCUT2D eigenvalue weighted by atomic mass is 16.7. The number of benzene rings is 4. The Morgan fingerprint density at radius 2 is 1.24 bits per heavy atom. The standard InChI is InChI=1S/C28H18O5/c29-25(19-11-3-1-4-12-19)21-15-7-8-16-22(21)26(30)32-28(20-13-5-2-6-14-20)24-18-10-9-17-23(24)27(31)33-28/h1-18H/t28-/m0/s1. The van der Waals surface area contributed by atoms with E-state index in [0.717, 1.165) is 0 Å². The molecule has 0 aromatic heterocycles. The van der Waals surface area contributed by atoms with Crippen LogP contribution in [-0.4, -0.2) is 17.7 Å². The highest BCUT2D eigenvalue weighted by Crippen LogP contribution is 2.43. The van der Waals surface area contributed by atoms with Crippen molar-refractivity contribution in [2.24, 2.45) is 0 Å². The van der Waals surface area contributed by atoms with Gasteiger partial charge in [-0.15, -0.1) is 0 Å². The van der Waals surface area contributed by atoms with Crippen molar-refractivity contribution in [1.82, 2.24) is 0 Å². The van der Waals surface area contributed by atoms with Gasteiger partial charge in [-0.05, 0) is 18.2 Å². The molecule has 0 aliphatic carbocycles. The average molecular weight is 434 g/mol. The van der Waals surface area contributed by atoms with Gasteiger partial charge in [0.05, 0.1) is 16.7 Å². The molecule has 0 bridgehead atoms. The molecule has 1 atom stereocenters. The van der Waals surface area contributed by atoms with Gasteiger partial charge >= 0.3 is 17.7 Å². The second-order valence-corrected chi connectivity index (χ2v) is 7.55. The average Bonchev–Trinajstić information content (AvgIpc) is 3.17. The first-order chi connectivity index (χ1) is 16.1. The number of hydrogen-bond acceptors (Lipinski definition) is 5. The fraction of sp³-hybridized carbons (Fsp3) is 0.0357. The fourth-order valence-electron chi connectivity index (χ4n) is 3.99. The summed E-state index contributed by atoms with van der Waals surface area (Å²) in [5, 5.41) is 0. The summed E-state index contributed by atoms with van der Waals surface area (Å²) in [5.74, 6) is -3.42. The summed E-state index contributed by atoms with van der Waals surface area (Å²) < 4.78 is 11.7. The molecule has 1 heterocycles. The van der Waals surface area contributed by atoms with Crippen molar-refractivity contribution < 1.29 is 23.9 Å². The topological polar surface area (TPSA) is 69.7 Å². The van der Waals surface area contributed by atoms with E-state index < -0.39 is 17.7 Å². The van der Waals surface area contributed by atoms with Gasteiger partial charge < -0.3 is 9.47 Å². The van der Waals surface area contributed by atoms with Crippen LogP contribution in [0.25, 0.3) is 0 Å². The Morgan fingerprint density at radius 3 is 1.97 bits per heavy atom. The summed E-state index contributed by atoms with van der Waals surface area (Å²) in [4.78, 5) is 39.3. The first-order valence-corrected chi connectivity index (χ1v) is 10.4. The van der Waals surface area contributed by atoms with Gasteiger partial charge in [0, 0.05) is 16.7 Å². The van der Waals surface area contributed by atoms with Crippen molar-refractivity contribution in [3.8, 4) is 0 Å². The Balaban J connectivity index is 1.59. The van der Waals surface area contributed by atoms with Crippen molar-refractivity contribution >= 4 is 17.7 Å². The van der Waals surface area contributed by atoms with Crippen LogP contribution >= 0.6 is 0 Å². The molecular weight excluding hydrogens is 416 g/mol. The van der Waals surface area contributed by atoms with Crippen LogP contribution in [0.5, 0.6) is 0 Å². The van der Waals surface area contributed by atoms with Crippen LogP contribution in [0.3, 0.4) is 0 Å². The predicted octanol–water partition coefficient (Wildman–Crippen LogP) is 5.15. The van der Waals surface area contributed by atoms with E-state index in [0.29, 0.717) is 22.3 Å². The molecule has 5 nitrogen and oxygen atoms in total. The van der Waals surface area contributed by atoms with E-state index in [1.54, 1.807) is 91.0 Å². The monoisotopic (exact) mass is 434 g/mol. The molecule has 4 aromatic carbocycles. The summed E-state index contributed by atoms with van der Waals surface area (Å²) >= 11 is 0. The molecule has 1 aliphatic heterocycles. The molecule has 5 rings (SSSR count). The summed E-state index contributed by atoms with van der Waals surface area (Å²) in [6.45, 7) is 0. The van der Waals surface area contributed by atoms with E-state index in [1.807, 2.05) is 12.1 Å². The predicted molar refractivity (Wildman–Crippen MR) is 121 cm³/mol. The zero-order valence-electron chi connectivity index (χ0n) is 17.4. The zero-order valence-corrected chi connectivity index (χ0v) is 17.4. The van der Waals surface area contributed by atoms with E-state index in [9.17, 15) is 14.4 Å². The van der Waals surface area contributed by atoms with Crippen LogP contribution in [0.2, 0.25) is 0 Å². The summed E-state index contributed by atoms with van der Waals surface area (Å²) in [6, 6.07) is 30.7. The van der Waals surface area contributed by atoms with Crippen molar-refractivity contribution in [3.63, 3.8) is 0 Å². The van der Waals surface area contributed by atoms with Crippen molar-refractivity contribution in [3.05, 3.63) is 143 Å². The van der Waals surface area contributed by atoms with Gasteiger partial charge in [-0.2, -0.15) is 0 Å². The third kappa shape index (κ3) is 3.49. The molecule has 0 saturated heterocycles. The first kappa shape index (κ1) is 20.4. The van der Waals surface area contributed by atoms with Crippen molar-refractivity contribution in [1.29, 1.82) is 0 Å². The number of ether oxygens (including phenoxy) is 2. The van der Waals surface area contributed by atoms with Crippen LogP contribution in [0, 0.1) is 0 Å². The number of hydrogen-bond donors (Lipinski definition) is 0. The molecule has 0 amide bonds. The van der Waals surface area contributed by atoms with E-state index >= 15 is 0 Å². The number of ketones is 1. The van der Waals surface area contributed by atoms with E-state index in [4.69, 9.17) is 9.47 Å². The Bertz CT molecular complexity index is 1360. The smallest absolute Gasteiger partial charge is 0.342 e. The third-order valence-electron chi connectivity index (χ3n) is 5.56. The molecule has 0 N–H and O–H groups in total. The molecule has 0 unspecified atom stereocenters. The normalized spacial score (nSPS) is 16.5. The van der Waals surface area contributed by atoms with Gasteiger partial charge in [0.1, 0.15) is 0 Å². The quantitative estimate of drug-likeness (QED) is 0.321. The molecule has 0 fully saturated rings. The molecule has 1 aliphatic rings. The zero-order chi connectivity index (χ0) is 22.8. The Kier molecular flexibility index (Phi) is 5.07. The minimum atomic E-state index is -1.76. The van der Waals surface area contributed by atoms with Gasteiger partial charge in [0.25, 0.3) is 0 Å². The van der Waals surface area contributed by atoms with Gasteiger partial charge in [-0.25, -0.2) is 9.59 Å². The fourth-order valence-corrected chi connectivity index (χ4v) is 3.99. The summed E-state index contributed by atoms with van der Waals surface area (Å²) in [7, 11) is 0. The van der Waals surface area contributed by atoms with Crippen LogP contribution in [0.4, 0.5) is 0 Å². The van der Waals surface area contributed by atoms with Crippen LogP contribution in [-0.2, 0) is 15.3 Å². The van der Waals surface area contributed by atoms with Crippen LogP contribution < -0.4 is 0 Å². The molecule has 4 aromatic rings. The molecule has 0 radical (unpaired) electrons. The summed E-state index contributed by atoms with van der Waals surface area (Å²) in [6.07, 6.45) is 0. The van der Waals surface area contributed by atoms with Gasteiger partial charge in [-0.1, -0.05) is 91.0 Å². The number of esters is 2. The van der Waals surface area contributed by atoms with Gasteiger partial charge in [0.15, 0.2) is 5.78 Å². The second-order valence-electron chi connectivity index (χ2n) is 7.55. The molecule has 33 heavy (non-hydrogen) atoms. The Hall–Kier alpha value is -4.51. The lowest BCUT2D eigenvalue weighted by Crippen LogP contribution is -2.34. The SMILES string of the molecule is O=C(O[C@@]1(c2ccccc2)OC(=O)c2ccccc21)c1ccccc1C(=O)c1ccccc1. The second kappa shape index (κ2) is 8.20. The van der Waals surface area contributed by atoms with Crippen LogP contribution in [0.1, 0.15) is 47.8 Å². The highest BCUT2D eigenvalue weighted by Gasteiger charge is 2.51. The molecule has 0 spiro atoms. The van der Waals surface area contributed by atoms with Crippen molar-refractivity contribution in [2.45, 2.75) is 5.79 Å². The van der Waals surface area contributed by atoms with Crippen LogP contribution in [0.15, 0.2) is 109 Å². The lowest BCUT2D eigenvalue weighted by Gasteiger charge is -2.29. The minimum absolute atomic E-state index is 0.0853. The number of carbonyl (C=O) groups is 3. The maximum Gasteiger partial charge on any atom is 0.342 e. The maximum atomic E-state index is 13.5. The highest BCUT2D eigenvalue weighted by molar-refractivity contribution is 6.14.